The quantitative estimate of drug-likeness (QED) is 0.880. The van der Waals surface area contributed by atoms with E-state index in [9.17, 15) is 9.59 Å². The number of rotatable bonds is 5. The van der Waals surface area contributed by atoms with Crippen LogP contribution in [0.2, 0.25) is 0 Å². The van der Waals surface area contributed by atoms with Gasteiger partial charge in [-0.2, -0.15) is 0 Å². The van der Waals surface area contributed by atoms with E-state index in [1.165, 1.54) is 0 Å². The van der Waals surface area contributed by atoms with E-state index in [-0.39, 0.29) is 24.3 Å². The summed E-state index contributed by atoms with van der Waals surface area (Å²) < 4.78 is 5.11. The van der Waals surface area contributed by atoms with Gasteiger partial charge in [0.15, 0.2) is 5.76 Å². The van der Waals surface area contributed by atoms with Crippen molar-refractivity contribution in [1.29, 1.82) is 0 Å². The molecule has 22 heavy (non-hydrogen) atoms. The first-order valence-electron chi connectivity index (χ1n) is 7.28. The summed E-state index contributed by atoms with van der Waals surface area (Å²) in [6.45, 7) is 2.29. The van der Waals surface area contributed by atoms with Crippen molar-refractivity contribution in [3.05, 3.63) is 52.9 Å². The summed E-state index contributed by atoms with van der Waals surface area (Å²) in [5.41, 5.74) is 2.37. The van der Waals surface area contributed by atoms with Gasteiger partial charge >= 0.3 is 0 Å². The largest absolute Gasteiger partial charge is 0.359 e. The Morgan fingerprint density at radius 1 is 1.41 bits per heavy atom. The van der Waals surface area contributed by atoms with Crippen molar-refractivity contribution in [2.75, 3.05) is 0 Å². The number of hydrogen-bond donors (Lipinski definition) is 2. The highest BCUT2D eigenvalue weighted by molar-refractivity contribution is 5.99. The molecule has 3 rings (SSSR count). The first kappa shape index (κ1) is 14.3. The molecule has 0 bridgehead atoms. The lowest BCUT2D eigenvalue weighted by atomic mass is 10.0. The Morgan fingerprint density at radius 3 is 3.00 bits per heavy atom. The molecule has 0 aliphatic carbocycles. The van der Waals surface area contributed by atoms with Crippen LogP contribution in [0.25, 0.3) is 0 Å². The maximum atomic E-state index is 12.0. The number of amides is 2. The zero-order valence-electron chi connectivity index (χ0n) is 12.3. The maximum absolute atomic E-state index is 12.0. The summed E-state index contributed by atoms with van der Waals surface area (Å²) in [7, 11) is 0. The smallest absolute Gasteiger partial charge is 0.252 e. The summed E-state index contributed by atoms with van der Waals surface area (Å²) in [4.78, 5) is 23.8. The highest BCUT2D eigenvalue weighted by Crippen LogP contribution is 2.27. The first-order chi connectivity index (χ1) is 10.7. The molecule has 0 saturated carbocycles. The molecule has 0 fully saturated rings. The van der Waals surface area contributed by atoms with Crippen LogP contribution in [0.3, 0.4) is 0 Å². The van der Waals surface area contributed by atoms with Crippen LogP contribution in [0.5, 0.6) is 0 Å². The number of carbonyl (C=O) groups is 2. The van der Waals surface area contributed by atoms with Crippen LogP contribution in [-0.4, -0.2) is 17.0 Å². The molecule has 2 aromatic rings. The third kappa shape index (κ3) is 2.86. The molecule has 2 amide bonds. The van der Waals surface area contributed by atoms with Crippen molar-refractivity contribution in [3.63, 3.8) is 0 Å². The van der Waals surface area contributed by atoms with Crippen LogP contribution in [0.1, 0.15) is 46.8 Å². The van der Waals surface area contributed by atoms with E-state index < -0.39 is 0 Å². The van der Waals surface area contributed by atoms with E-state index in [4.69, 9.17) is 4.52 Å². The third-order valence-electron chi connectivity index (χ3n) is 3.71. The summed E-state index contributed by atoms with van der Waals surface area (Å²) in [6, 6.07) is 8.87. The van der Waals surface area contributed by atoms with Crippen LogP contribution in [-0.2, 0) is 17.8 Å². The van der Waals surface area contributed by atoms with Gasteiger partial charge in [0, 0.05) is 11.6 Å². The zero-order chi connectivity index (χ0) is 15.5. The number of aryl methyl sites for hydroxylation is 1. The van der Waals surface area contributed by atoms with E-state index in [1.54, 1.807) is 6.07 Å². The van der Waals surface area contributed by atoms with Crippen LogP contribution in [0, 0.1) is 0 Å². The average Bonchev–Trinajstić information content (AvgIpc) is 3.11. The molecule has 6 nitrogen and oxygen atoms in total. The normalized spacial score (nSPS) is 16.2. The second-order valence-electron chi connectivity index (χ2n) is 5.23. The fraction of sp³-hybridized carbons (Fsp3) is 0.312. The fourth-order valence-electron chi connectivity index (χ4n) is 2.53. The highest BCUT2D eigenvalue weighted by Gasteiger charge is 2.29. The minimum atomic E-state index is -0.273. The molecule has 0 saturated heterocycles. The summed E-state index contributed by atoms with van der Waals surface area (Å²) in [5, 5.41) is 9.48. The van der Waals surface area contributed by atoms with Gasteiger partial charge in [-0.25, -0.2) is 0 Å². The van der Waals surface area contributed by atoms with Gasteiger partial charge in [0.25, 0.3) is 5.91 Å². The van der Waals surface area contributed by atoms with Crippen LogP contribution < -0.4 is 10.6 Å². The van der Waals surface area contributed by atoms with Crippen molar-refractivity contribution in [3.8, 4) is 0 Å². The lowest BCUT2D eigenvalue weighted by Crippen LogP contribution is -2.28. The van der Waals surface area contributed by atoms with E-state index in [2.05, 4.69) is 15.8 Å². The molecule has 2 N–H and O–H groups in total. The Bertz CT molecular complexity index is 708. The molecule has 0 spiro atoms. The summed E-state index contributed by atoms with van der Waals surface area (Å²) >= 11 is 0. The highest BCUT2D eigenvalue weighted by atomic mass is 16.5. The number of fused-ring (bicyclic) bond motifs is 1. The van der Waals surface area contributed by atoms with Crippen LogP contribution in [0.4, 0.5) is 0 Å². The number of nitrogens with one attached hydrogen (secondary N) is 2. The van der Waals surface area contributed by atoms with Crippen molar-refractivity contribution in [1.82, 2.24) is 15.8 Å². The molecular formula is C16H17N3O3. The minimum Gasteiger partial charge on any atom is -0.359 e. The molecule has 114 valence electrons. The van der Waals surface area contributed by atoms with Gasteiger partial charge in [0.2, 0.25) is 5.91 Å². The third-order valence-corrected chi connectivity index (χ3v) is 3.71. The van der Waals surface area contributed by atoms with Crippen molar-refractivity contribution in [2.45, 2.75) is 32.4 Å². The van der Waals surface area contributed by atoms with E-state index in [0.29, 0.717) is 17.9 Å². The molecule has 0 radical (unpaired) electrons. The topological polar surface area (TPSA) is 84.2 Å². The van der Waals surface area contributed by atoms with Crippen LogP contribution >= 0.6 is 0 Å². The van der Waals surface area contributed by atoms with Crippen molar-refractivity contribution >= 4 is 11.8 Å². The summed E-state index contributed by atoms with van der Waals surface area (Å²) in [6.07, 6.45) is 1.000. The Hall–Kier alpha value is -2.63. The molecule has 6 heteroatoms. The summed E-state index contributed by atoms with van der Waals surface area (Å²) in [5.74, 6) is 0.355. The molecule has 2 heterocycles. The minimum absolute atomic E-state index is 0.128. The molecule has 1 unspecified atom stereocenters. The Kier molecular flexibility index (Phi) is 3.91. The van der Waals surface area contributed by atoms with Gasteiger partial charge in [0.05, 0.1) is 24.7 Å². The molecule has 1 aromatic carbocycles. The van der Waals surface area contributed by atoms with Gasteiger partial charge in [-0.05, 0) is 18.1 Å². The monoisotopic (exact) mass is 299 g/mol. The number of nitrogens with zero attached hydrogens (tertiary/aromatic N) is 1. The lowest BCUT2D eigenvalue weighted by Gasteiger charge is -2.11. The standard InChI is InChI=1S/C16H17N3O3/c1-2-10-7-11(22-19-10)9-17-15(20)8-14-12-5-3-4-6-13(12)16(21)18-14/h3-7,14H,2,8-9H2,1H3,(H,17,20)(H,18,21). The fourth-order valence-corrected chi connectivity index (χ4v) is 2.53. The molecule has 1 atom stereocenters. The predicted molar refractivity (Wildman–Crippen MR) is 79.0 cm³/mol. The van der Waals surface area contributed by atoms with E-state index in [0.717, 1.165) is 17.7 Å². The predicted octanol–water partition coefficient (Wildman–Crippen LogP) is 1.73. The van der Waals surface area contributed by atoms with Gasteiger partial charge in [-0.3, -0.25) is 9.59 Å². The molecular weight excluding hydrogens is 282 g/mol. The van der Waals surface area contributed by atoms with Crippen molar-refractivity contribution in [2.24, 2.45) is 0 Å². The first-order valence-corrected chi connectivity index (χ1v) is 7.28. The van der Waals surface area contributed by atoms with Gasteiger partial charge in [-0.1, -0.05) is 30.3 Å². The van der Waals surface area contributed by atoms with Crippen molar-refractivity contribution < 1.29 is 14.1 Å². The number of aromatic nitrogens is 1. The Balaban J connectivity index is 1.57. The van der Waals surface area contributed by atoms with Gasteiger partial charge < -0.3 is 15.2 Å². The van der Waals surface area contributed by atoms with E-state index >= 15 is 0 Å². The number of benzene rings is 1. The molecule has 1 aliphatic rings. The Labute approximate surface area is 127 Å². The second-order valence-corrected chi connectivity index (χ2v) is 5.23. The van der Waals surface area contributed by atoms with Gasteiger partial charge in [-0.15, -0.1) is 0 Å². The number of hydrogen-bond acceptors (Lipinski definition) is 4. The molecule has 1 aromatic heterocycles. The van der Waals surface area contributed by atoms with Gasteiger partial charge in [0.1, 0.15) is 0 Å². The second kappa shape index (κ2) is 6.01. The zero-order valence-corrected chi connectivity index (χ0v) is 12.3. The molecule has 1 aliphatic heterocycles. The number of carbonyl (C=O) groups excluding carboxylic acids is 2. The van der Waals surface area contributed by atoms with Crippen LogP contribution in [0.15, 0.2) is 34.9 Å². The lowest BCUT2D eigenvalue weighted by molar-refractivity contribution is -0.121. The average molecular weight is 299 g/mol. The SMILES string of the molecule is CCc1cc(CNC(=O)CC2NC(=O)c3ccccc32)on1. The maximum Gasteiger partial charge on any atom is 0.252 e. The Morgan fingerprint density at radius 2 is 2.23 bits per heavy atom. The van der Waals surface area contributed by atoms with E-state index in [1.807, 2.05) is 31.2 Å².